The monoisotopic (exact) mass is 496 g/mol. The first-order valence-corrected chi connectivity index (χ1v) is 12.5. The molecule has 1 unspecified atom stereocenters. The van der Waals surface area contributed by atoms with Crippen molar-refractivity contribution in [3.8, 4) is 0 Å². The Balaban J connectivity index is 1.72. The molecule has 3 rings (SSSR count). The number of hydrogen-bond donors (Lipinski definition) is 2. The van der Waals surface area contributed by atoms with Gasteiger partial charge in [0.1, 0.15) is 6.54 Å². The van der Waals surface area contributed by atoms with E-state index in [1.807, 2.05) is 41.0 Å². The van der Waals surface area contributed by atoms with Crippen molar-refractivity contribution in [2.75, 3.05) is 39.8 Å². The average molecular weight is 497 g/mol. The van der Waals surface area contributed by atoms with Crippen molar-refractivity contribution in [1.29, 1.82) is 0 Å². The molecule has 1 heterocycles. The van der Waals surface area contributed by atoms with Gasteiger partial charge in [-0.05, 0) is 35.6 Å². The van der Waals surface area contributed by atoms with Crippen LogP contribution in [-0.2, 0) is 30.5 Å². The Morgan fingerprint density at radius 1 is 1.03 bits per heavy atom. The maximum absolute atomic E-state index is 12.9. The smallest absolute Gasteiger partial charge is 0.325 e. The molecule has 0 aliphatic carbocycles. The summed E-state index contributed by atoms with van der Waals surface area (Å²) in [6, 6.07) is 14.1. The van der Waals surface area contributed by atoms with Crippen molar-refractivity contribution in [3.05, 3.63) is 48.0 Å². The van der Waals surface area contributed by atoms with E-state index in [1.165, 1.54) is 7.11 Å². The molecule has 0 aromatic heterocycles. The van der Waals surface area contributed by atoms with Gasteiger partial charge in [-0.2, -0.15) is 0 Å². The van der Waals surface area contributed by atoms with Crippen molar-refractivity contribution < 1.29 is 23.9 Å². The van der Waals surface area contributed by atoms with Crippen LogP contribution in [0.1, 0.15) is 38.2 Å². The van der Waals surface area contributed by atoms with Gasteiger partial charge < -0.3 is 20.3 Å². The number of hydrogen-bond acceptors (Lipinski definition) is 6. The van der Waals surface area contributed by atoms with E-state index in [4.69, 9.17) is 0 Å². The van der Waals surface area contributed by atoms with Crippen molar-refractivity contribution in [2.24, 2.45) is 0 Å². The van der Waals surface area contributed by atoms with Gasteiger partial charge in [-0.3, -0.25) is 24.1 Å². The molecule has 0 bridgehead atoms. The Hall–Kier alpha value is -3.46. The van der Waals surface area contributed by atoms with Crippen LogP contribution in [-0.4, -0.2) is 79.4 Å². The highest BCUT2D eigenvalue weighted by molar-refractivity contribution is 5.86. The molecule has 1 saturated heterocycles. The third-order valence-corrected chi connectivity index (χ3v) is 6.38. The highest BCUT2D eigenvalue weighted by Gasteiger charge is 2.31. The van der Waals surface area contributed by atoms with E-state index in [9.17, 15) is 19.2 Å². The lowest BCUT2D eigenvalue weighted by Gasteiger charge is -2.31. The first-order chi connectivity index (χ1) is 17.4. The zero-order valence-corrected chi connectivity index (χ0v) is 21.1. The lowest BCUT2D eigenvalue weighted by molar-refractivity contribution is -0.141. The van der Waals surface area contributed by atoms with Gasteiger partial charge in [0, 0.05) is 32.1 Å². The van der Waals surface area contributed by atoms with Gasteiger partial charge in [-0.1, -0.05) is 49.4 Å². The Kier molecular flexibility index (Phi) is 10.2. The van der Waals surface area contributed by atoms with Crippen LogP contribution in [0.25, 0.3) is 10.8 Å². The van der Waals surface area contributed by atoms with Crippen molar-refractivity contribution in [3.63, 3.8) is 0 Å². The second-order valence-electron chi connectivity index (χ2n) is 9.07. The molecule has 0 radical (unpaired) electrons. The summed E-state index contributed by atoms with van der Waals surface area (Å²) >= 11 is 0. The standard InChI is InChI=1S/C27H36N4O5/c1-3-8-24(32)28-15-26(34)31-14-7-12-22(31)18-30(19-25(33)29-16-27(35)36-2)17-21-11-6-10-20-9-4-5-13-23(20)21/h4-6,9-11,13,22H,3,7-8,12,14-19H2,1-2H3,(H,28,32)(H,29,33). The predicted octanol–water partition coefficient (Wildman–Crippen LogP) is 1.84. The highest BCUT2D eigenvalue weighted by atomic mass is 16.5. The molecule has 3 amide bonds. The maximum Gasteiger partial charge on any atom is 0.325 e. The van der Waals surface area contributed by atoms with Crippen molar-refractivity contribution >= 4 is 34.5 Å². The molecule has 0 spiro atoms. The summed E-state index contributed by atoms with van der Waals surface area (Å²) in [5.74, 6) is -1.03. The predicted molar refractivity (Wildman–Crippen MR) is 137 cm³/mol. The minimum atomic E-state index is -0.512. The number of carbonyl (C=O) groups is 4. The number of benzene rings is 2. The van der Waals surface area contributed by atoms with E-state index in [0.717, 1.165) is 35.6 Å². The molecular weight excluding hydrogens is 460 g/mol. The normalized spacial score (nSPS) is 15.2. The topological polar surface area (TPSA) is 108 Å². The number of nitrogens with one attached hydrogen (secondary N) is 2. The summed E-state index contributed by atoms with van der Waals surface area (Å²) in [4.78, 5) is 52.6. The molecule has 0 saturated carbocycles. The number of amides is 3. The molecule has 36 heavy (non-hydrogen) atoms. The van der Waals surface area contributed by atoms with E-state index in [-0.39, 0.29) is 43.4 Å². The molecule has 1 fully saturated rings. The van der Waals surface area contributed by atoms with Crippen molar-refractivity contribution in [2.45, 2.75) is 45.2 Å². The number of ether oxygens (including phenoxy) is 1. The molecule has 2 N–H and O–H groups in total. The van der Waals surface area contributed by atoms with Gasteiger partial charge in [-0.15, -0.1) is 0 Å². The summed E-state index contributed by atoms with van der Waals surface area (Å²) in [6.45, 7) is 3.43. The summed E-state index contributed by atoms with van der Waals surface area (Å²) in [7, 11) is 1.28. The minimum absolute atomic E-state index is 0.0156. The first-order valence-electron chi connectivity index (χ1n) is 12.5. The number of rotatable bonds is 12. The second-order valence-corrected chi connectivity index (χ2v) is 9.07. The lowest BCUT2D eigenvalue weighted by atomic mass is 10.0. The number of carbonyl (C=O) groups excluding carboxylic acids is 4. The van der Waals surface area contributed by atoms with E-state index in [0.29, 0.717) is 26.1 Å². The third kappa shape index (κ3) is 7.78. The molecule has 1 atom stereocenters. The van der Waals surface area contributed by atoms with Gasteiger partial charge in [-0.25, -0.2) is 0 Å². The van der Waals surface area contributed by atoms with Crippen LogP contribution >= 0.6 is 0 Å². The van der Waals surface area contributed by atoms with Crippen LogP contribution in [0.15, 0.2) is 42.5 Å². The minimum Gasteiger partial charge on any atom is -0.468 e. The third-order valence-electron chi connectivity index (χ3n) is 6.38. The zero-order chi connectivity index (χ0) is 25.9. The fourth-order valence-electron chi connectivity index (χ4n) is 4.60. The van der Waals surface area contributed by atoms with Gasteiger partial charge in [0.05, 0.1) is 20.2 Å². The zero-order valence-electron chi connectivity index (χ0n) is 21.1. The Morgan fingerprint density at radius 3 is 2.56 bits per heavy atom. The van der Waals surface area contributed by atoms with Crippen LogP contribution in [0.4, 0.5) is 0 Å². The number of esters is 1. The molecule has 2 aromatic carbocycles. The largest absolute Gasteiger partial charge is 0.468 e. The molecule has 2 aromatic rings. The lowest BCUT2D eigenvalue weighted by Crippen LogP contribution is -2.48. The summed E-state index contributed by atoms with van der Waals surface area (Å²) in [5.41, 5.74) is 1.08. The number of methoxy groups -OCH3 is 1. The van der Waals surface area contributed by atoms with Crippen LogP contribution < -0.4 is 10.6 Å². The molecular formula is C27H36N4O5. The van der Waals surface area contributed by atoms with E-state index in [2.05, 4.69) is 33.6 Å². The first kappa shape index (κ1) is 27.1. The van der Waals surface area contributed by atoms with E-state index < -0.39 is 5.97 Å². The fraction of sp³-hybridized carbons (Fsp3) is 0.481. The van der Waals surface area contributed by atoms with E-state index >= 15 is 0 Å². The molecule has 1 aliphatic heterocycles. The number of fused-ring (bicyclic) bond motifs is 1. The summed E-state index contributed by atoms with van der Waals surface area (Å²) < 4.78 is 4.61. The quantitative estimate of drug-likeness (QED) is 0.434. The Labute approximate surface area is 212 Å². The molecule has 1 aliphatic rings. The summed E-state index contributed by atoms with van der Waals surface area (Å²) in [6.07, 6.45) is 2.82. The van der Waals surface area contributed by atoms with Crippen molar-refractivity contribution in [1.82, 2.24) is 20.4 Å². The van der Waals surface area contributed by atoms with Gasteiger partial charge in [0.2, 0.25) is 17.7 Å². The van der Waals surface area contributed by atoms with Crippen LogP contribution in [0.2, 0.25) is 0 Å². The van der Waals surface area contributed by atoms with Crippen LogP contribution in [0.3, 0.4) is 0 Å². The van der Waals surface area contributed by atoms with Gasteiger partial charge in [0.25, 0.3) is 0 Å². The van der Waals surface area contributed by atoms with Gasteiger partial charge >= 0.3 is 5.97 Å². The maximum atomic E-state index is 12.9. The number of likely N-dealkylation sites (tertiary alicyclic amines) is 1. The number of nitrogens with zero attached hydrogens (tertiary/aromatic N) is 2. The van der Waals surface area contributed by atoms with Gasteiger partial charge in [0.15, 0.2) is 0 Å². The van der Waals surface area contributed by atoms with Crippen LogP contribution in [0, 0.1) is 0 Å². The molecule has 9 nitrogen and oxygen atoms in total. The molecule has 194 valence electrons. The fourth-order valence-corrected chi connectivity index (χ4v) is 4.60. The summed E-state index contributed by atoms with van der Waals surface area (Å²) in [5, 5.41) is 7.54. The van der Waals surface area contributed by atoms with Crippen LogP contribution in [0.5, 0.6) is 0 Å². The Bertz CT molecular complexity index is 1070. The van der Waals surface area contributed by atoms with E-state index in [1.54, 1.807) is 0 Å². The molecule has 9 heteroatoms. The SMILES string of the molecule is CCCC(=O)NCC(=O)N1CCCC1CN(CC(=O)NCC(=O)OC)Cc1cccc2ccccc12. The average Bonchev–Trinajstić information content (AvgIpc) is 3.34. The Morgan fingerprint density at radius 2 is 1.78 bits per heavy atom. The highest BCUT2D eigenvalue weighted by Crippen LogP contribution is 2.23. The second kappa shape index (κ2) is 13.6.